The van der Waals surface area contributed by atoms with Crippen LogP contribution in [-0.4, -0.2) is 0 Å². The Hall–Kier alpha value is -1.29. The van der Waals surface area contributed by atoms with Gasteiger partial charge in [-0.05, 0) is 6.42 Å². The molecule has 1 aliphatic rings. The van der Waals surface area contributed by atoms with Crippen molar-refractivity contribution in [3.05, 3.63) is 47.3 Å². The molecule has 72 valence electrons. The maximum Gasteiger partial charge on any atom is 0.261 e. The normalized spacial score (nSPS) is 29.6. The minimum absolute atomic E-state index is 0.155. The number of nitrogens with zero attached hydrogens (tertiary/aromatic N) is 1. The third-order valence-electron chi connectivity index (χ3n) is 3.18. The SMILES string of the molecule is [C-]#[N+]C1(c2ccccc2)CC1CCC. The smallest absolute Gasteiger partial charge is 0.261 e. The Bertz CT molecular complexity index is 349. The molecule has 0 aliphatic heterocycles. The topological polar surface area (TPSA) is 4.36 Å². The van der Waals surface area contributed by atoms with Crippen LogP contribution in [0.25, 0.3) is 4.85 Å². The lowest BCUT2D eigenvalue weighted by molar-refractivity contribution is 0.637. The molecule has 0 N–H and O–H groups in total. The van der Waals surface area contributed by atoms with Crippen LogP contribution in [0.1, 0.15) is 31.7 Å². The standard InChI is InChI=1S/C13H15N/c1-3-7-12-10-13(12,14-2)11-8-5-4-6-9-11/h4-6,8-9,12H,3,7,10H2,1H3. The Morgan fingerprint density at radius 3 is 2.71 bits per heavy atom. The highest BCUT2D eigenvalue weighted by atomic mass is 14.9. The van der Waals surface area contributed by atoms with Gasteiger partial charge >= 0.3 is 0 Å². The summed E-state index contributed by atoms with van der Waals surface area (Å²) in [5.41, 5.74) is 1.06. The van der Waals surface area contributed by atoms with Crippen molar-refractivity contribution in [2.24, 2.45) is 5.92 Å². The Labute approximate surface area is 85.6 Å². The van der Waals surface area contributed by atoms with Crippen molar-refractivity contribution in [3.63, 3.8) is 0 Å². The molecule has 0 bridgehead atoms. The zero-order chi connectivity index (χ0) is 10.0. The van der Waals surface area contributed by atoms with Gasteiger partial charge in [0.25, 0.3) is 5.54 Å². The van der Waals surface area contributed by atoms with Crippen LogP contribution in [0, 0.1) is 12.5 Å². The van der Waals surface area contributed by atoms with Gasteiger partial charge in [-0.3, -0.25) is 0 Å². The molecule has 0 aromatic heterocycles. The molecular weight excluding hydrogens is 170 g/mol. The first-order valence-electron chi connectivity index (χ1n) is 5.27. The monoisotopic (exact) mass is 185 g/mol. The zero-order valence-corrected chi connectivity index (χ0v) is 8.53. The van der Waals surface area contributed by atoms with Crippen molar-refractivity contribution >= 4 is 0 Å². The molecule has 2 unspecified atom stereocenters. The van der Waals surface area contributed by atoms with Gasteiger partial charge in [-0.25, -0.2) is 6.57 Å². The van der Waals surface area contributed by atoms with Crippen LogP contribution in [0.5, 0.6) is 0 Å². The minimum atomic E-state index is -0.155. The van der Waals surface area contributed by atoms with Gasteiger partial charge in [0, 0.05) is 17.9 Å². The molecule has 14 heavy (non-hydrogen) atoms. The quantitative estimate of drug-likeness (QED) is 0.633. The average molecular weight is 185 g/mol. The second kappa shape index (κ2) is 3.46. The number of hydrogen-bond donors (Lipinski definition) is 0. The second-order valence-corrected chi connectivity index (χ2v) is 4.09. The highest BCUT2D eigenvalue weighted by Gasteiger charge is 2.62. The summed E-state index contributed by atoms with van der Waals surface area (Å²) >= 11 is 0. The molecule has 1 saturated carbocycles. The Morgan fingerprint density at radius 1 is 1.43 bits per heavy atom. The number of hydrogen-bond acceptors (Lipinski definition) is 0. The van der Waals surface area contributed by atoms with E-state index in [9.17, 15) is 0 Å². The molecule has 1 aromatic carbocycles. The second-order valence-electron chi connectivity index (χ2n) is 4.09. The van der Waals surface area contributed by atoms with Crippen LogP contribution in [0.4, 0.5) is 0 Å². The maximum absolute atomic E-state index is 7.34. The molecule has 1 heteroatoms. The van der Waals surface area contributed by atoms with Crippen molar-refractivity contribution in [2.45, 2.75) is 31.7 Å². The molecule has 1 aliphatic carbocycles. The predicted molar refractivity (Wildman–Crippen MR) is 57.7 cm³/mol. The molecule has 1 aromatic rings. The summed E-state index contributed by atoms with van der Waals surface area (Å²) in [5, 5.41) is 0. The zero-order valence-electron chi connectivity index (χ0n) is 8.53. The molecule has 0 saturated heterocycles. The van der Waals surface area contributed by atoms with E-state index in [1.165, 1.54) is 18.4 Å². The molecular formula is C13H15N. The highest BCUT2D eigenvalue weighted by Crippen LogP contribution is 2.57. The van der Waals surface area contributed by atoms with Gasteiger partial charge in [-0.1, -0.05) is 43.7 Å². The van der Waals surface area contributed by atoms with E-state index in [2.05, 4.69) is 23.9 Å². The fourth-order valence-electron chi connectivity index (χ4n) is 2.29. The minimum Gasteiger partial charge on any atom is -0.305 e. The van der Waals surface area contributed by atoms with Gasteiger partial charge < -0.3 is 4.85 Å². The van der Waals surface area contributed by atoms with Gasteiger partial charge in [0.1, 0.15) is 0 Å². The summed E-state index contributed by atoms with van der Waals surface area (Å²) in [6, 6.07) is 10.3. The van der Waals surface area contributed by atoms with Gasteiger partial charge in [0.2, 0.25) is 0 Å². The summed E-state index contributed by atoms with van der Waals surface area (Å²) in [5.74, 6) is 0.604. The van der Waals surface area contributed by atoms with Crippen molar-refractivity contribution in [1.29, 1.82) is 0 Å². The molecule has 0 radical (unpaired) electrons. The lowest BCUT2D eigenvalue weighted by Crippen LogP contribution is -2.03. The van der Waals surface area contributed by atoms with Crippen molar-refractivity contribution in [3.8, 4) is 0 Å². The fourth-order valence-corrected chi connectivity index (χ4v) is 2.29. The van der Waals surface area contributed by atoms with Crippen LogP contribution in [-0.2, 0) is 5.54 Å². The van der Waals surface area contributed by atoms with Crippen molar-refractivity contribution in [2.75, 3.05) is 0 Å². The molecule has 2 atom stereocenters. The summed E-state index contributed by atoms with van der Waals surface area (Å²) in [4.78, 5) is 3.85. The van der Waals surface area contributed by atoms with Crippen LogP contribution >= 0.6 is 0 Å². The van der Waals surface area contributed by atoms with Gasteiger partial charge in [-0.2, -0.15) is 0 Å². The third-order valence-corrected chi connectivity index (χ3v) is 3.18. The van der Waals surface area contributed by atoms with Crippen LogP contribution in [0.2, 0.25) is 0 Å². The molecule has 1 fully saturated rings. The first kappa shape index (κ1) is 9.27. The first-order valence-corrected chi connectivity index (χ1v) is 5.27. The van der Waals surface area contributed by atoms with Crippen molar-refractivity contribution in [1.82, 2.24) is 0 Å². The van der Waals surface area contributed by atoms with Gasteiger partial charge in [0.15, 0.2) is 0 Å². The summed E-state index contributed by atoms with van der Waals surface area (Å²) in [7, 11) is 0. The Balaban J connectivity index is 2.22. The molecule has 0 heterocycles. The van der Waals surface area contributed by atoms with E-state index in [-0.39, 0.29) is 5.54 Å². The summed E-state index contributed by atoms with van der Waals surface area (Å²) < 4.78 is 0. The van der Waals surface area contributed by atoms with Crippen LogP contribution in [0.3, 0.4) is 0 Å². The fraction of sp³-hybridized carbons (Fsp3) is 0.462. The van der Waals surface area contributed by atoms with Gasteiger partial charge in [0.05, 0.1) is 0 Å². The van der Waals surface area contributed by atoms with Crippen molar-refractivity contribution < 1.29 is 0 Å². The Kier molecular flexibility index (Phi) is 2.29. The lowest BCUT2D eigenvalue weighted by atomic mass is 10.0. The highest BCUT2D eigenvalue weighted by molar-refractivity contribution is 5.36. The first-order chi connectivity index (χ1) is 6.83. The molecule has 1 nitrogen and oxygen atoms in total. The molecule has 0 spiro atoms. The largest absolute Gasteiger partial charge is 0.305 e. The summed E-state index contributed by atoms with van der Waals surface area (Å²) in [6.45, 7) is 9.53. The average Bonchev–Trinajstić information content (AvgIpc) is 2.95. The third kappa shape index (κ3) is 1.32. The predicted octanol–water partition coefficient (Wildman–Crippen LogP) is 3.62. The number of rotatable bonds is 3. The van der Waals surface area contributed by atoms with Crippen LogP contribution < -0.4 is 0 Å². The van der Waals surface area contributed by atoms with E-state index in [4.69, 9.17) is 6.57 Å². The van der Waals surface area contributed by atoms with Crippen LogP contribution in [0.15, 0.2) is 30.3 Å². The van der Waals surface area contributed by atoms with E-state index in [0.29, 0.717) is 5.92 Å². The number of benzene rings is 1. The van der Waals surface area contributed by atoms with E-state index in [0.717, 1.165) is 6.42 Å². The van der Waals surface area contributed by atoms with E-state index < -0.39 is 0 Å². The van der Waals surface area contributed by atoms with E-state index in [1.54, 1.807) is 0 Å². The summed E-state index contributed by atoms with van der Waals surface area (Å²) in [6.07, 6.45) is 3.44. The van der Waals surface area contributed by atoms with E-state index >= 15 is 0 Å². The lowest BCUT2D eigenvalue weighted by Gasteiger charge is -2.04. The molecule has 0 amide bonds. The Morgan fingerprint density at radius 2 is 2.14 bits per heavy atom. The molecule has 2 rings (SSSR count). The van der Waals surface area contributed by atoms with Gasteiger partial charge in [-0.15, -0.1) is 0 Å². The maximum atomic E-state index is 7.34. The van der Waals surface area contributed by atoms with E-state index in [1.807, 2.05) is 18.2 Å².